The van der Waals surface area contributed by atoms with Crippen LogP contribution in [0.2, 0.25) is 0 Å². The molecule has 4 aromatic rings. The summed E-state index contributed by atoms with van der Waals surface area (Å²) >= 11 is 1.57. The summed E-state index contributed by atoms with van der Waals surface area (Å²) in [6, 6.07) is 3.92. The van der Waals surface area contributed by atoms with Gasteiger partial charge in [0.25, 0.3) is 5.56 Å². The molecule has 0 aliphatic carbocycles. The maximum absolute atomic E-state index is 12.3. The van der Waals surface area contributed by atoms with Gasteiger partial charge >= 0.3 is 0 Å². The molecule has 0 aliphatic heterocycles. The van der Waals surface area contributed by atoms with Gasteiger partial charge in [0, 0.05) is 12.4 Å². The number of hydrogen-bond acceptors (Lipinski definition) is 6. The third kappa shape index (κ3) is 2.27. The van der Waals surface area contributed by atoms with Crippen molar-refractivity contribution in [3.05, 3.63) is 51.7 Å². The quantitative estimate of drug-likeness (QED) is 0.576. The first kappa shape index (κ1) is 13.9. The largest absolute Gasteiger partial charge is 0.440 e. The lowest BCUT2D eigenvalue weighted by atomic mass is 10.3. The van der Waals surface area contributed by atoms with E-state index in [1.54, 1.807) is 35.5 Å². The Hall–Kier alpha value is -2.74. The van der Waals surface area contributed by atoms with Crippen LogP contribution in [0.5, 0.6) is 0 Å². The number of fused-ring (bicyclic) bond motifs is 1. The minimum absolute atomic E-state index is 0.181. The molecule has 4 aromatic heterocycles. The van der Waals surface area contributed by atoms with Gasteiger partial charge < -0.3 is 4.42 Å². The molecular weight excluding hydrogens is 314 g/mol. The summed E-state index contributed by atoms with van der Waals surface area (Å²) < 4.78 is 8.68. The second-order valence-corrected chi connectivity index (χ2v) is 6.13. The Morgan fingerprint density at radius 1 is 1.30 bits per heavy atom. The van der Waals surface area contributed by atoms with Crippen molar-refractivity contribution in [2.75, 3.05) is 0 Å². The van der Waals surface area contributed by atoms with Gasteiger partial charge in [0.2, 0.25) is 5.89 Å². The first-order valence-electron chi connectivity index (χ1n) is 7.01. The Morgan fingerprint density at radius 3 is 2.91 bits per heavy atom. The fraction of sp³-hybridized carbons (Fsp3) is 0.200. The van der Waals surface area contributed by atoms with E-state index in [4.69, 9.17) is 4.42 Å². The Morgan fingerprint density at radius 2 is 2.13 bits per heavy atom. The van der Waals surface area contributed by atoms with Crippen molar-refractivity contribution in [2.45, 2.75) is 13.5 Å². The van der Waals surface area contributed by atoms with Crippen LogP contribution < -0.4 is 5.56 Å². The van der Waals surface area contributed by atoms with Crippen LogP contribution in [0, 0.1) is 6.92 Å². The molecule has 0 saturated heterocycles. The summed E-state index contributed by atoms with van der Waals surface area (Å²) in [7, 11) is 1.62. The second kappa shape index (κ2) is 5.17. The Kier molecular flexibility index (Phi) is 3.12. The summed E-state index contributed by atoms with van der Waals surface area (Å²) in [4.78, 5) is 17.8. The molecule has 0 atom stereocenters. The maximum Gasteiger partial charge on any atom is 0.292 e. The van der Waals surface area contributed by atoms with Gasteiger partial charge in [-0.25, -0.2) is 9.67 Å². The van der Waals surface area contributed by atoms with Crippen LogP contribution in [-0.2, 0) is 13.6 Å². The predicted octanol–water partition coefficient (Wildman–Crippen LogP) is 2.20. The highest BCUT2D eigenvalue weighted by Gasteiger charge is 2.15. The Labute approximate surface area is 134 Å². The topological polar surface area (TPSA) is 78.7 Å². The predicted molar refractivity (Wildman–Crippen MR) is 86.4 cm³/mol. The van der Waals surface area contributed by atoms with Crippen molar-refractivity contribution in [1.29, 1.82) is 0 Å². The minimum atomic E-state index is -0.181. The van der Waals surface area contributed by atoms with Gasteiger partial charge in [-0.1, -0.05) is 6.07 Å². The van der Waals surface area contributed by atoms with Crippen molar-refractivity contribution in [1.82, 2.24) is 24.5 Å². The summed E-state index contributed by atoms with van der Waals surface area (Å²) in [5.74, 6) is 1.32. The average Bonchev–Trinajstić information content (AvgIpc) is 3.25. The van der Waals surface area contributed by atoms with Crippen molar-refractivity contribution < 1.29 is 4.42 Å². The van der Waals surface area contributed by atoms with E-state index in [1.807, 2.05) is 24.4 Å². The Balaban J connectivity index is 1.77. The third-order valence-electron chi connectivity index (χ3n) is 3.66. The standard InChI is InChI=1S/C15H13N5O2S/c1-9-11(18-14(22-9)12-4-3-5-23-12)8-20-13-10(7-17-20)6-16-19(2)15(13)21/h3-7H,8H2,1-2H3. The molecule has 0 saturated carbocycles. The van der Waals surface area contributed by atoms with Crippen LogP contribution in [0.1, 0.15) is 11.5 Å². The molecule has 0 aromatic carbocycles. The average molecular weight is 327 g/mol. The molecule has 4 heterocycles. The first-order valence-corrected chi connectivity index (χ1v) is 7.89. The summed E-state index contributed by atoms with van der Waals surface area (Å²) in [6.45, 7) is 2.24. The van der Waals surface area contributed by atoms with E-state index < -0.39 is 0 Å². The van der Waals surface area contributed by atoms with Gasteiger partial charge in [-0.05, 0) is 18.4 Å². The lowest BCUT2D eigenvalue weighted by Crippen LogP contribution is -2.21. The smallest absolute Gasteiger partial charge is 0.292 e. The number of oxazole rings is 1. The molecule has 0 fully saturated rings. The van der Waals surface area contributed by atoms with E-state index in [2.05, 4.69) is 15.2 Å². The minimum Gasteiger partial charge on any atom is -0.440 e. The highest BCUT2D eigenvalue weighted by atomic mass is 32.1. The lowest BCUT2D eigenvalue weighted by molar-refractivity contribution is 0.537. The van der Waals surface area contributed by atoms with E-state index >= 15 is 0 Å². The number of nitrogens with zero attached hydrogens (tertiary/aromatic N) is 5. The molecule has 0 aliphatic rings. The zero-order valence-electron chi connectivity index (χ0n) is 12.6. The summed E-state index contributed by atoms with van der Waals surface area (Å²) in [6.07, 6.45) is 3.27. The van der Waals surface area contributed by atoms with Crippen molar-refractivity contribution in [3.63, 3.8) is 0 Å². The molecule has 0 N–H and O–H groups in total. The molecule has 8 heteroatoms. The molecule has 116 valence electrons. The summed E-state index contributed by atoms with van der Waals surface area (Å²) in [5, 5.41) is 11.0. The highest BCUT2D eigenvalue weighted by Crippen LogP contribution is 2.26. The van der Waals surface area contributed by atoms with Crippen LogP contribution in [0.25, 0.3) is 21.7 Å². The van der Waals surface area contributed by atoms with E-state index in [0.29, 0.717) is 23.3 Å². The molecule has 0 radical (unpaired) electrons. The van der Waals surface area contributed by atoms with Crippen molar-refractivity contribution in [3.8, 4) is 10.8 Å². The number of rotatable bonds is 3. The second-order valence-electron chi connectivity index (χ2n) is 5.18. The highest BCUT2D eigenvalue weighted by molar-refractivity contribution is 7.13. The van der Waals surface area contributed by atoms with Crippen LogP contribution in [-0.4, -0.2) is 24.5 Å². The van der Waals surface area contributed by atoms with Crippen molar-refractivity contribution >= 4 is 22.2 Å². The van der Waals surface area contributed by atoms with Gasteiger partial charge in [-0.2, -0.15) is 10.2 Å². The fourth-order valence-corrected chi connectivity index (χ4v) is 3.07. The van der Waals surface area contributed by atoms with Crippen LogP contribution in [0.15, 0.2) is 39.1 Å². The van der Waals surface area contributed by atoms with Gasteiger partial charge in [0.05, 0.1) is 23.8 Å². The number of aromatic nitrogens is 5. The third-order valence-corrected chi connectivity index (χ3v) is 4.52. The first-order chi connectivity index (χ1) is 11.1. The van der Waals surface area contributed by atoms with Gasteiger partial charge in [0.15, 0.2) is 0 Å². The van der Waals surface area contributed by atoms with Gasteiger partial charge in [0.1, 0.15) is 17.0 Å². The SMILES string of the molecule is Cc1oc(-c2cccs2)nc1Cn1ncc2cnn(C)c(=O)c21. The van der Waals surface area contributed by atoms with Crippen molar-refractivity contribution in [2.24, 2.45) is 7.05 Å². The van der Waals surface area contributed by atoms with E-state index in [0.717, 1.165) is 16.3 Å². The van der Waals surface area contributed by atoms with Gasteiger partial charge in [-0.3, -0.25) is 9.48 Å². The summed E-state index contributed by atoms with van der Waals surface area (Å²) in [5.41, 5.74) is 1.10. The fourth-order valence-electron chi connectivity index (χ4n) is 2.42. The molecule has 0 unspecified atom stereocenters. The number of thiophene rings is 1. The lowest BCUT2D eigenvalue weighted by Gasteiger charge is -2.02. The van der Waals surface area contributed by atoms with Crippen LogP contribution >= 0.6 is 11.3 Å². The maximum atomic E-state index is 12.3. The molecule has 4 rings (SSSR count). The zero-order chi connectivity index (χ0) is 16.0. The normalized spacial score (nSPS) is 11.4. The molecule has 23 heavy (non-hydrogen) atoms. The molecule has 0 bridgehead atoms. The molecular formula is C15H13N5O2S. The monoisotopic (exact) mass is 327 g/mol. The van der Waals surface area contributed by atoms with Gasteiger partial charge in [-0.15, -0.1) is 11.3 Å². The van der Waals surface area contributed by atoms with E-state index in [9.17, 15) is 4.79 Å². The number of aryl methyl sites for hydroxylation is 2. The number of hydrogen-bond donors (Lipinski definition) is 0. The van der Waals surface area contributed by atoms with Crippen LogP contribution in [0.3, 0.4) is 0 Å². The van der Waals surface area contributed by atoms with E-state index in [1.165, 1.54) is 4.68 Å². The van der Waals surface area contributed by atoms with E-state index in [-0.39, 0.29) is 5.56 Å². The molecule has 7 nitrogen and oxygen atoms in total. The Bertz CT molecular complexity index is 1040. The molecule has 0 spiro atoms. The zero-order valence-corrected chi connectivity index (χ0v) is 13.4. The molecule has 0 amide bonds. The van der Waals surface area contributed by atoms with Crippen LogP contribution in [0.4, 0.5) is 0 Å².